The fourth-order valence-electron chi connectivity index (χ4n) is 3.47. The van der Waals surface area contributed by atoms with Gasteiger partial charge >= 0.3 is 0 Å². The number of carbonyl (C=O) groups is 1. The molecule has 1 amide bonds. The zero-order valence-electron chi connectivity index (χ0n) is 14.3. The zero-order chi connectivity index (χ0) is 17.2. The number of nitrogens with one attached hydrogen (secondary N) is 1. The Hall–Kier alpha value is -2.94. The largest absolute Gasteiger partial charge is 0.326 e. The molecule has 1 aromatic heterocycles. The number of benzene rings is 2. The van der Waals surface area contributed by atoms with Crippen molar-refractivity contribution >= 4 is 34.1 Å². The van der Waals surface area contributed by atoms with Gasteiger partial charge in [0.2, 0.25) is 5.91 Å². The fourth-order valence-corrected chi connectivity index (χ4v) is 3.47. The molecule has 0 saturated heterocycles. The van der Waals surface area contributed by atoms with Crippen molar-refractivity contribution in [2.45, 2.75) is 26.2 Å². The zero-order valence-corrected chi connectivity index (χ0v) is 14.3. The van der Waals surface area contributed by atoms with Crippen molar-refractivity contribution < 1.29 is 4.79 Å². The van der Waals surface area contributed by atoms with E-state index in [9.17, 15) is 4.79 Å². The molecule has 1 aliphatic rings. The summed E-state index contributed by atoms with van der Waals surface area (Å²) in [5.74, 6) is -0.0565. The Morgan fingerprint density at radius 1 is 1.08 bits per heavy atom. The lowest BCUT2D eigenvalue weighted by Crippen LogP contribution is -2.08. The average Bonchev–Trinajstić information content (AvgIpc) is 2.61. The molecule has 1 N–H and O–H groups in total. The number of aromatic nitrogens is 1. The maximum Gasteiger partial charge on any atom is 0.221 e. The van der Waals surface area contributed by atoms with E-state index in [0.717, 1.165) is 41.7 Å². The monoisotopic (exact) mass is 328 g/mol. The van der Waals surface area contributed by atoms with Crippen LogP contribution >= 0.6 is 0 Å². The van der Waals surface area contributed by atoms with E-state index in [1.54, 1.807) is 0 Å². The first kappa shape index (κ1) is 15.6. The normalized spacial score (nSPS) is 15.2. The van der Waals surface area contributed by atoms with Gasteiger partial charge in [-0.25, -0.2) is 4.98 Å². The van der Waals surface area contributed by atoms with E-state index < -0.39 is 0 Å². The van der Waals surface area contributed by atoms with Crippen molar-refractivity contribution in [3.63, 3.8) is 0 Å². The molecule has 2 aromatic carbocycles. The smallest absolute Gasteiger partial charge is 0.221 e. The van der Waals surface area contributed by atoms with Crippen LogP contribution in [-0.4, -0.2) is 10.9 Å². The van der Waals surface area contributed by atoms with Gasteiger partial charge in [0.1, 0.15) is 0 Å². The summed E-state index contributed by atoms with van der Waals surface area (Å²) in [5, 5.41) is 4.11. The molecule has 0 bridgehead atoms. The molecule has 1 aliphatic carbocycles. The second kappa shape index (κ2) is 6.52. The summed E-state index contributed by atoms with van der Waals surface area (Å²) in [5.41, 5.74) is 6.55. The van der Waals surface area contributed by atoms with Crippen LogP contribution in [0.25, 0.3) is 22.6 Å². The van der Waals surface area contributed by atoms with Gasteiger partial charge in [0.15, 0.2) is 0 Å². The number of hydrogen-bond donors (Lipinski definition) is 1. The lowest BCUT2D eigenvalue weighted by molar-refractivity contribution is -0.114. The SMILES string of the molecule is CC(=O)Nc1ccccc1/C=C1\CCCc2cc3ccccc3nc21. The van der Waals surface area contributed by atoms with Crippen LogP contribution in [0.2, 0.25) is 0 Å². The van der Waals surface area contributed by atoms with E-state index in [0.29, 0.717) is 0 Å². The van der Waals surface area contributed by atoms with Gasteiger partial charge in [0.05, 0.1) is 11.2 Å². The topological polar surface area (TPSA) is 42.0 Å². The fraction of sp³-hybridized carbons (Fsp3) is 0.182. The van der Waals surface area contributed by atoms with Gasteiger partial charge in [0.25, 0.3) is 0 Å². The lowest BCUT2D eigenvalue weighted by atomic mass is 9.89. The number of fused-ring (bicyclic) bond motifs is 2. The van der Waals surface area contributed by atoms with E-state index in [4.69, 9.17) is 4.98 Å². The summed E-state index contributed by atoms with van der Waals surface area (Å²) >= 11 is 0. The molecule has 25 heavy (non-hydrogen) atoms. The van der Waals surface area contributed by atoms with Crippen molar-refractivity contribution in [2.75, 3.05) is 5.32 Å². The van der Waals surface area contributed by atoms with Gasteiger partial charge in [-0.3, -0.25) is 4.79 Å². The molecule has 0 spiro atoms. The minimum atomic E-state index is -0.0565. The maximum absolute atomic E-state index is 11.5. The predicted octanol–water partition coefficient (Wildman–Crippen LogP) is 5.07. The van der Waals surface area contributed by atoms with Crippen LogP contribution in [0, 0.1) is 0 Å². The number of rotatable bonds is 2. The Bertz CT molecular complexity index is 988. The standard InChI is InChI=1S/C22H20N2O/c1-15(25)23-20-11-4-2-7-16(20)13-18-9-6-10-19-14-17-8-3-5-12-21(17)24-22(18)19/h2-5,7-8,11-14H,6,9-10H2,1H3,(H,23,25)/b18-13+. The number of pyridine rings is 1. The second-order valence-electron chi connectivity index (χ2n) is 6.48. The number of allylic oxidation sites excluding steroid dienone is 1. The van der Waals surface area contributed by atoms with Gasteiger partial charge in [-0.1, -0.05) is 36.4 Å². The number of hydrogen-bond acceptors (Lipinski definition) is 2. The summed E-state index contributed by atoms with van der Waals surface area (Å²) in [6.45, 7) is 1.54. The van der Waals surface area contributed by atoms with Crippen molar-refractivity contribution in [1.82, 2.24) is 4.98 Å². The van der Waals surface area contributed by atoms with Crippen LogP contribution in [-0.2, 0) is 11.2 Å². The van der Waals surface area contributed by atoms with Gasteiger partial charge in [-0.05, 0) is 60.2 Å². The van der Waals surface area contributed by atoms with Gasteiger partial charge in [-0.15, -0.1) is 0 Å². The van der Waals surface area contributed by atoms with Crippen molar-refractivity contribution in [3.8, 4) is 0 Å². The minimum Gasteiger partial charge on any atom is -0.326 e. The van der Waals surface area contributed by atoms with Crippen LogP contribution in [0.15, 0.2) is 54.6 Å². The molecular formula is C22H20N2O. The Kier molecular flexibility index (Phi) is 4.06. The van der Waals surface area contributed by atoms with E-state index in [1.807, 2.05) is 30.3 Å². The molecule has 3 nitrogen and oxygen atoms in total. The molecule has 0 unspecified atom stereocenters. The lowest BCUT2D eigenvalue weighted by Gasteiger charge is -2.19. The third-order valence-electron chi connectivity index (χ3n) is 4.60. The van der Waals surface area contributed by atoms with Crippen molar-refractivity contribution in [3.05, 3.63) is 71.4 Å². The quantitative estimate of drug-likeness (QED) is 0.713. The highest BCUT2D eigenvalue weighted by Crippen LogP contribution is 2.34. The summed E-state index contributed by atoms with van der Waals surface area (Å²) < 4.78 is 0. The van der Waals surface area contributed by atoms with Gasteiger partial charge in [0, 0.05) is 18.0 Å². The Morgan fingerprint density at radius 2 is 1.88 bits per heavy atom. The van der Waals surface area contributed by atoms with Gasteiger partial charge < -0.3 is 5.32 Å². The van der Waals surface area contributed by atoms with E-state index in [2.05, 4.69) is 35.7 Å². The number of amides is 1. The average molecular weight is 328 g/mol. The van der Waals surface area contributed by atoms with E-state index in [-0.39, 0.29) is 5.91 Å². The molecule has 0 atom stereocenters. The molecular weight excluding hydrogens is 308 g/mol. The molecule has 0 radical (unpaired) electrons. The molecule has 3 aromatic rings. The van der Waals surface area contributed by atoms with Crippen molar-refractivity contribution in [2.24, 2.45) is 0 Å². The Morgan fingerprint density at radius 3 is 2.76 bits per heavy atom. The summed E-state index contributed by atoms with van der Waals surface area (Å²) in [6, 6.07) is 18.4. The molecule has 0 aliphatic heterocycles. The van der Waals surface area contributed by atoms with Crippen LogP contribution in [0.5, 0.6) is 0 Å². The highest BCUT2D eigenvalue weighted by Gasteiger charge is 2.17. The first-order chi connectivity index (χ1) is 12.2. The number of anilines is 1. The maximum atomic E-state index is 11.5. The molecule has 0 saturated carbocycles. The molecule has 0 fully saturated rings. The first-order valence-electron chi connectivity index (χ1n) is 8.67. The molecule has 124 valence electrons. The van der Waals surface area contributed by atoms with Crippen LogP contribution in [0.1, 0.15) is 36.6 Å². The summed E-state index contributed by atoms with van der Waals surface area (Å²) in [7, 11) is 0. The number of carbonyl (C=O) groups excluding carboxylic acids is 1. The third-order valence-corrected chi connectivity index (χ3v) is 4.60. The molecule has 3 heteroatoms. The number of para-hydroxylation sites is 2. The Balaban J connectivity index is 1.82. The molecule has 1 heterocycles. The van der Waals surface area contributed by atoms with Crippen LogP contribution < -0.4 is 5.32 Å². The van der Waals surface area contributed by atoms with E-state index in [1.165, 1.54) is 23.4 Å². The molecule has 4 rings (SSSR count). The van der Waals surface area contributed by atoms with E-state index >= 15 is 0 Å². The van der Waals surface area contributed by atoms with Crippen LogP contribution in [0.4, 0.5) is 5.69 Å². The number of aryl methyl sites for hydroxylation is 1. The highest BCUT2D eigenvalue weighted by molar-refractivity contribution is 5.94. The summed E-state index contributed by atoms with van der Waals surface area (Å²) in [4.78, 5) is 16.4. The number of nitrogens with zero attached hydrogens (tertiary/aromatic N) is 1. The Labute approximate surface area is 147 Å². The van der Waals surface area contributed by atoms with Crippen molar-refractivity contribution in [1.29, 1.82) is 0 Å². The predicted molar refractivity (Wildman–Crippen MR) is 103 cm³/mol. The second-order valence-corrected chi connectivity index (χ2v) is 6.48. The minimum absolute atomic E-state index is 0.0565. The third kappa shape index (κ3) is 3.18. The van der Waals surface area contributed by atoms with Crippen LogP contribution in [0.3, 0.4) is 0 Å². The first-order valence-corrected chi connectivity index (χ1v) is 8.67. The van der Waals surface area contributed by atoms with Gasteiger partial charge in [-0.2, -0.15) is 0 Å². The highest BCUT2D eigenvalue weighted by atomic mass is 16.1. The summed E-state index contributed by atoms with van der Waals surface area (Å²) in [6.07, 6.45) is 5.37.